The Bertz CT molecular complexity index is 785. The first-order valence-electron chi connectivity index (χ1n) is 7.31. The second-order valence-corrected chi connectivity index (χ2v) is 7.42. The fourth-order valence-corrected chi connectivity index (χ4v) is 4.23. The van der Waals surface area contributed by atoms with Crippen LogP contribution in [0.2, 0.25) is 0 Å². The Morgan fingerprint density at radius 3 is 2.61 bits per heavy atom. The van der Waals surface area contributed by atoms with Gasteiger partial charge in [-0.15, -0.1) is 0 Å². The molecule has 122 valence electrons. The molecule has 1 aliphatic rings. The van der Waals surface area contributed by atoms with E-state index in [2.05, 4.69) is 5.10 Å². The Morgan fingerprint density at radius 1 is 1.26 bits per heavy atom. The first-order chi connectivity index (χ1) is 11.0. The molecular weight excluding hydrogens is 318 g/mol. The summed E-state index contributed by atoms with van der Waals surface area (Å²) in [6.07, 6.45) is 4.48. The van der Waals surface area contributed by atoms with E-state index in [1.807, 2.05) is 0 Å². The number of piperidine rings is 1. The van der Waals surface area contributed by atoms with E-state index in [1.165, 1.54) is 16.4 Å². The molecule has 0 aliphatic carbocycles. The van der Waals surface area contributed by atoms with Crippen molar-refractivity contribution < 1.29 is 18.3 Å². The van der Waals surface area contributed by atoms with Gasteiger partial charge in [-0.1, -0.05) is 0 Å². The van der Waals surface area contributed by atoms with Gasteiger partial charge < -0.3 is 5.11 Å². The smallest absolute Gasteiger partial charge is 0.307 e. The number of aliphatic carboxylic acids is 1. The van der Waals surface area contributed by atoms with Gasteiger partial charge in [-0.25, -0.2) is 13.1 Å². The van der Waals surface area contributed by atoms with Crippen LogP contribution in [0.25, 0.3) is 5.69 Å². The molecule has 7 nitrogen and oxygen atoms in total. The Balaban J connectivity index is 1.83. The number of carboxylic acid groups (broad SMARTS) is 1. The van der Waals surface area contributed by atoms with E-state index in [1.54, 1.807) is 35.3 Å². The van der Waals surface area contributed by atoms with Crippen molar-refractivity contribution in [3.8, 4) is 5.69 Å². The van der Waals surface area contributed by atoms with Gasteiger partial charge in [0.25, 0.3) is 0 Å². The van der Waals surface area contributed by atoms with Crippen molar-refractivity contribution in [2.24, 2.45) is 5.92 Å². The highest BCUT2D eigenvalue weighted by Gasteiger charge is 2.33. The lowest BCUT2D eigenvalue weighted by Crippen LogP contribution is -2.42. The highest BCUT2D eigenvalue weighted by molar-refractivity contribution is 7.89. The summed E-state index contributed by atoms with van der Waals surface area (Å²) in [6, 6.07) is 8.19. The van der Waals surface area contributed by atoms with Gasteiger partial charge in [-0.2, -0.15) is 9.40 Å². The Labute approximate surface area is 134 Å². The lowest BCUT2D eigenvalue weighted by Gasteiger charge is -2.29. The summed E-state index contributed by atoms with van der Waals surface area (Å²) in [4.78, 5) is 11.3. The van der Waals surface area contributed by atoms with Gasteiger partial charge >= 0.3 is 5.97 Å². The molecule has 2 aromatic rings. The van der Waals surface area contributed by atoms with E-state index in [-0.39, 0.29) is 11.4 Å². The van der Waals surface area contributed by atoms with Crippen LogP contribution in [0.4, 0.5) is 0 Å². The fourth-order valence-electron chi connectivity index (χ4n) is 2.70. The monoisotopic (exact) mass is 335 g/mol. The van der Waals surface area contributed by atoms with Gasteiger partial charge in [-0.3, -0.25) is 4.79 Å². The highest BCUT2D eigenvalue weighted by Crippen LogP contribution is 2.24. The number of carbonyl (C=O) groups is 1. The van der Waals surface area contributed by atoms with Gasteiger partial charge in [-0.05, 0) is 43.2 Å². The van der Waals surface area contributed by atoms with Crippen molar-refractivity contribution in [3.63, 3.8) is 0 Å². The average Bonchev–Trinajstić information content (AvgIpc) is 3.09. The second kappa shape index (κ2) is 6.13. The van der Waals surface area contributed by atoms with E-state index < -0.39 is 21.9 Å². The number of sulfonamides is 1. The summed E-state index contributed by atoms with van der Waals surface area (Å²) in [5.74, 6) is -1.58. The first kappa shape index (κ1) is 15.7. The molecule has 1 atom stereocenters. The van der Waals surface area contributed by atoms with Crippen molar-refractivity contribution in [2.45, 2.75) is 17.7 Å². The second-order valence-electron chi connectivity index (χ2n) is 5.48. The van der Waals surface area contributed by atoms with Gasteiger partial charge in [0.15, 0.2) is 0 Å². The molecule has 1 saturated heterocycles. The molecule has 1 aromatic heterocycles. The summed E-state index contributed by atoms with van der Waals surface area (Å²) in [5, 5.41) is 13.2. The van der Waals surface area contributed by atoms with Crippen LogP contribution in [-0.4, -0.2) is 46.7 Å². The molecule has 0 amide bonds. The van der Waals surface area contributed by atoms with Crippen LogP contribution >= 0.6 is 0 Å². The van der Waals surface area contributed by atoms with Crippen LogP contribution in [0.15, 0.2) is 47.6 Å². The van der Waals surface area contributed by atoms with Crippen molar-refractivity contribution in [1.82, 2.24) is 14.1 Å². The standard InChI is InChI=1S/C15H17N3O4S/c19-15(20)12-3-1-9-17(11-12)23(21,22)14-6-4-13(5-7-14)18-10-2-8-16-18/h2,4-8,10,12H,1,3,9,11H2,(H,19,20). The predicted octanol–water partition coefficient (Wildman–Crippen LogP) is 1.36. The zero-order valence-electron chi connectivity index (χ0n) is 12.4. The van der Waals surface area contributed by atoms with E-state index in [0.717, 1.165) is 5.69 Å². The maximum absolute atomic E-state index is 12.7. The molecule has 1 fully saturated rings. The zero-order valence-corrected chi connectivity index (χ0v) is 13.2. The van der Waals surface area contributed by atoms with E-state index in [9.17, 15) is 13.2 Å². The van der Waals surface area contributed by atoms with Crippen LogP contribution < -0.4 is 0 Å². The molecule has 0 spiro atoms. The predicted molar refractivity (Wildman–Crippen MR) is 82.7 cm³/mol. The maximum Gasteiger partial charge on any atom is 0.307 e. The van der Waals surface area contributed by atoms with Crippen molar-refractivity contribution in [3.05, 3.63) is 42.7 Å². The molecule has 0 bridgehead atoms. The SMILES string of the molecule is O=C(O)C1CCCN(S(=O)(=O)c2ccc(-n3cccn3)cc2)C1. The van der Waals surface area contributed by atoms with Gasteiger partial charge in [0, 0.05) is 25.5 Å². The number of carboxylic acids is 1. The van der Waals surface area contributed by atoms with Crippen molar-refractivity contribution in [2.75, 3.05) is 13.1 Å². The average molecular weight is 335 g/mol. The number of nitrogens with zero attached hydrogens (tertiary/aromatic N) is 3. The van der Waals surface area contributed by atoms with Crippen LogP contribution in [0.3, 0.4) is 0 Å². The molecular formula is C15H17N3O4S. The minimum atomic E-state index is -3.67. The molecule has 2 heterocycles. The molecule has 1 N–H and O–H groups in total. The first-order valence-corrected chi connectivity index (χ1v) is 8.75. The zero-order chi connectivity index (χ0) is 16.4. The number of rotatable bonds is 4. The molecule has 8 heteroatoms. The normalized spacial score (nSPS) is 19.6. The van der Waals surface area contributed by atoms with Crippen LogP contribution in [0, 0.1) is 5.92 Å². The molecule has 1 aromatic carbocycles. The lowest BCUT2D eigenvalue weighted by atomic mass is 10.0. The molecule has 0 saturated carbocycles. The third-order valence-corrected chi connectivity index (χ3v) is 5.86. The molecule has 0 radical (unpaired) electrons. The van der Waals surface area contributed by atoms with E-state index in [4.69, 9.17) is 5.11 Å². The summed E-state index contributed by atoms with van der Waals surface area (Å²) in [7, 11) is -3.67. The Morgan fingerprint density at radius 2 is 2.00 bits per heavy atom. The summed E-state index contributed by atoms with van der Waals surface area (Å²) in [6.45, 7) is 0.381. The van der Waals surface area contributed by atoms with Crippen LogP contribution in [-0.2, 0) is 14.8 Å². The third kappa shape index (κ3) is 3.13. The Hall–Kier alpha value is -2.19. The number of hydrogen-bond donors (Lipinski definition) is 1. The number of hydrogen-bond acceptors (Lipinski definition) is 4. The van der Waals surface area contributed by atoms with E-state index in [0.29, 0.717) is 19.4 Å². The highest BCUT2D eigenvalue weighted by atomic mass is 32.2. The number of aromatic nitrogens is 2. The van der Waals surface area contributed by atoms with Gasteiger partial charge in [0.2, 0.25) is 10.0 Å². The molecule has 1 unspecified atom stereocenters. The third-order valence-electron chi connectivity index (χ3n) is 3.98. The molecule has 3 rings (SSSR count). The van der Waals surface area contributed by atoms with Gasteiger partial charge in [0.05, 0.1) is 16.5 Å². The number of benzene rings is 1. The van der Waals surface area contributed by atoms with Crippen molar-refractivity contribution in [1.29, 1.82) is 0 Å². The molecule has 23 heavy (non-hydrogen) atoms. The minimum absolute atomic E-state index is 0.0264. The maximum atomic E-state index is 12.7. The topological polar surface area (TPSA) is 92.5 Å². The minimum Gasteiger partial charge on any atom is -0.481 e. The van der Waals surface area contributed by atoms with Crippen LogP contribution in [0.5, 0.6) is 0 Å². The van der Waals surface area contributed by atoms with Crippen molar-refractivity contribution >= 4 is 16.0 Å². The van der Waals surface area contributed by atoms with E-state index >= 15 is 0 Å². The molecule has 1 aliphatic heterocycles. The fraction of sp³-hybridized carbons (Fsp3) is 0.333. The Kier molecular flexibility index (Phi) is 4.18. The summed E-state index contributed by atoms with van der Waals surface area (Å²) < 4.78 is 28.2. The summed E-state index contributed by atoms with van der Waals surface area (Å²) >= 11 is 0. The quantitative estimate of drug-likeness (QED) is 0.910. The summed E-state index contributed by atoms with van der Waals surface area (Å²) in [5.41, 5.74) is 0.760. The van der Waals surface area contributed by atoms with Crippen LogP contribution in [0.1, 0.15) is 12.8 Å². The van der Waals surface area contributed by atoms with Gasteiger partial charge in [0.1, 0.15) is 0 Å². The largest absolute Gasteiger partial charge is 0.481 e. The lowest BCUT2D eigenvalue weighted by molar-refractivity contribution is -0.142.